The van der Waals surface area contributed by atoms with Gasteiger partial charge in [0.15, 0.2) is 0 Å². The number of nitrogens with one attached hydrogen (secondary N) is 1. The fourth-order valence-electron chi connectivity index (χ4n) is 2.72. The molecule has 3 N–H and O–H groups in total. The molecule has 0 aromatic heterocycles. The number of benzene rings is 1. The van der Waals surface area contributed by atoms with Gasteiger partial charge in [-0.15, -0.1) is 12.4 Å². The molecule has 1 aliphatic rings. The summed E-state index contributed by atoms with van der Waals surface area (Å²) in [7, 11) is -3.99. The van der Waals surface area contributed by atoms with Crippen LogP contribution in [0.15, 0.2) is 29.2 Å². The Morgan fingerprint density at radius 1 is 1.50 bits per heavy atom. The first-order valence-corrected chi connectivity index (χ1v) is 9.47. The molecule has 0 aliphatic carbocycles. The lowest BCUT2D eigenvalue weighted by atomic mass is 10.2. The number of nitro benzene ring substituents is 1. The van der Waals surface area contributed by atoms with Crippen LogP contribution in [0.4, 0.5) is 5.69 Å². The Hall–Kier alpha value is -1.75. The molecule has 0 spiro atoms. The van der Waals surface area contributed by atoms with Crippen LogP contribution in [-0.4, -0.2) is 48.7 Å². The van der Waals surface area contributed by atoms with E-state index in [1.807, 2.05) is 6.92 Å². The smallest absolute Gasteiger partial charge is 0.270 e. The van der Waals surface area contributed by atoms with E-state index in [4.69, 9.17) is 5.73 Å². The fraction of sp³-hybridized carbons (Fsp3) is 0.533. The highest BCUT2D eigenvalue weighted by atomic mass is 35.5. The lowest BCUT2D eigenvalue weighted by Crippen LogP contribution is -2.46. The molecule has 9 nitrogen and oxygen atoms in total. The topological polar surface area (TPSA) is 136 Å². The number of non-ortho nitro benzene ring substituents is 1. The summed E-state index contributed by atoms with van der Waals surface area (Å²) >= 11 is 0. The Kier molecular flexibility index (Phi) is 7.94. The van der Waals surface area contributed by atoms with Crippen molar-refractivity contribution in [2.24, 2.45) is 5.73 Å². The maximum Gasteiger partial charge on any atom is 0.270 e. The van der Waals surface area contributed by atoms with Gasteiger partial charge in [0.25, 0.3) is 5.69 Å². The minimum absolute atomic E-state index is 0. The minimum Gasteiger partial charge on any atom is -0.355 e. The van der Waals surface area contributed by atoms with Gasteiger partial charge in [-0.05, 0) is 32.3 Å². The van der Waals surface area contributed by atoms with Gasteiger partial charge in [-0.2, -0.15) is 4.31 Å². The molecule has 0 saturated carbocycles. The monoisotopic (exact) mass is 406 g/mol. The Morgan fingerprint density at radius 2 is 2.19 bits per heavy atom. The number of nitrogens with two attached hydrogens (primary N) is 1. The molecular formula is C15H23ClN4O5S. The van der Waals surface area contributed by atoms with Gasteiger partial charge >= 0.3 is 0 Å². The lowest BCUT2D eigenvalue weighted by Gasteiger charge is -2.23. The van der Waals surface area contributed by atoms with Crippen molar-refractivity contribution in [3.63, 3.8) is 0 Å². The number of carbonyl (C=O) groups excluding carboxylic acids is 1. The molecule has 1 fully saturated rings. The maximum atomic E-state index is 12.8. The van der Waals surface area contributed by atoms with Crippen molar-refractivity contribution in [3.05, 3.63) is 34.4 Å². The molecule has 2 unspecified atom stereocenters. The first kappa shape index (κ1) is 22.3. The Balaban J connectivity index is 0.00000338. The molecule has 11 heteroatoms. The average molecular weight is 407 g/mol. The molecule has 1 amide bonds. The van der Waals surface area contributed by atoms with Crippen molar-refractivity contribution >= 4 is 34.0 Å². The number of hydrogen-bond donors (Lipinski definition) is 2. The van der Waals surface area contributed by atoms with Crippen LogP contribution < -0.4 is 11.1 Å². The van der Waals surface area contributed by atoms with E-state index < -0.39 is 21.0 Å². The number of amides is 1. The second kappa shape index (κ2) is 9.26. The van der Waals surface area contributed by atoms with E-state index in [1.54, 1.807) is 0 Å². The van der Waals surface area contributed by atoms with Crippen molar-refractivity contribution in [1.82, 2.24) is 9.62 Å². The van der Waals surface area contributed by atoms with E-state index in [0.717, 1.165) is 10.4 Å². The average Bonchev–Trinajstić information content (AvgIpc) is 3.05. The van der Waals surface area contributed by atoms with Crippen molar-refractivity contribution in [2.45, 2.75) is 43.2 Å². The Bertz CT molecular complexity index is 756. The van der Waals surface area contributed by atoms with Crippen LogP contribution >= 0.6 is 12.4 Å². The minimum atomic E-state index is -3.99. The molecule has 1 heterocycles. The van der Waals surface area contributed by atoms with E-state index in [2.05, 4.69) is 5.32 Å². The molecule has 2 rings (SSSR count). The second-order valence-electron chi connectivity index (χ2n) is 6.09. The highest BCUT2D eigenvalue weighted by Gasteiger charge is 2.39. The number of nitro groups is 1. The van der Waals surface area contributed by atoms with Crippen molar-refractivity contribution in [3.8, 4) is 0 Å². The highest BCUT2D eigenvalue weighted by Crippen LogP contribution is 2.28. The Morgan fingerprint density at radius 3 is 2.81 bits per heavy atom. The predicted octanol–water partition coefficient (Wildman–Crippen LogP) is 1.02. The van der Waals surface area contributed by atoms with E-state index in [-0.39, 0.29) is 41.5 Å². The van der Waals surface area contributed by atoms with Gasteiger partial charge < -0.3 is 11.1 Å². The van der Waals surface area contributed by atoms with Crippen LogP contribution in [0.5, 0.6) is 0 Å². The number of hydrogen-bond acceptors (Lipinski definition) is 6. The maximum absolute atomic E-state index is 12.8. The number of nitrogens with zero attached hydrogens (tertiary/aromatic N) is 2. The van der Waals surface area contributed by atoms with Crippen molar-refractivity contribution < 1.29 is 18.1 Å². The number of rotatable bonds is 7. The summed E-state index contributed by atoms with van der Waals surface area (Å²) in [5.74, 6) is -0.368. The quantitative estimate of drug-likeness (QED) is 0.512. The molecule has 1 aromatic rings. The molecule has 1 aliphatic heterocycles. The second-order valence-corrected chi connectivity index (χ2v) is 7.98. The van der Waals surface area contributed by atoms with E-state index >= 15 is 0 Å². The van der Waals surface area contributed by atoms with Gasteiger partial charge in [0, 0.05) is 31.3 Å². The standard InChI is InChI=1S/C15H22N4O5S.ClH/c1-11(16)7-8-17-15(20)14-6-3-9-18(14)25(23,24)13-5-2-4-12(10-13)19(21)22;/h2,4-5,10-11,14H,3,6-9,16H2,1H3,(H,17,20);1H. The van der Waals surface area contributed by atoms with E-state index in [0.29, 0.717) is 25.8 Å². The zero-order valence-corrected chi connectivity index (χ0v) is 16.0. The SMILES string of the molecule is CC(N)CCNC(=O)C1CCCN1S(=O)(=O)c1cccc([N+](=O)[O-])c1.Cl. The van der Waals surface area contributed by atoms with E-state index in [9.17, 15) is 23.3 Å². The van der Waals surface area contributed by atoms with E-state index in [1.165, 1.54) is 18.2 Å². The van der Waals surface area contributed by atoms with Crippen LogP contribution in [0.2, 0.25) is 0 Å². The lowest BCUT2D eigenvalue weighted by molar-refractivity contribution is -0.385. The first-order valence-electron chi connectivity index (χ1n) is 8.03. The number of sulfonamides is 1. The number of halogens is 1. The Labute approximate surface area is 158 Å². The summed E-state index contributed by atoms with van der Waals surface area (Å²) in [5.41, 5.74) is 5.32. The first-order chi connectivity index (χ1) is 11.7. The summed E-state index contributed by atoms with van der Waals surface area (Å²) < 4.78 is 26.7. The number of carbonyl (C=O) groups is 1. The van der Waals surface area contributed by atoms with Gasteiger partial charge in [0.1, 0.15) is 6.04 Å². The molecular weight excluding hydrogens is 384 g/mol. The van der Waals surface area contributed by atoms with Gasteiger partial charge in [0.05, 0.1) is 9.82 Å². The molecule has 1 aromatic carbocycles. The molecule has 146 valence electrons. The molecule has 26 heavy (non-hydrogen) atoms. The normalized spacial score (nSPS) is 18.8. The zero-order chi connectivity index (χ0) is 18.6. The van der Waals surface area contributed by atoms with Gasteiger partial charge in [-0.3, -0.25) is 14.9 Å². The van der Waals surface area contributed by atoms with Crippen molar-refractivity contribution in [2.75, 3.05) is 13.1 Å². The van der Waals surface area contributed by atoms with Gasteiger partial charge in [-0.1, -0.05) is 6.07 Å². The van der Waals surface area contributed by atoms with Crippen LogP contribution in [-0.2, 0) is 14.8 Å². The van der Waals surface area contributed by atoms with Gasteiger partial charge in [-0.25, -0.2) is 8.42 Å². The predicted molar refractivity (Wildman–Crippen MR) is 98.5 cm³/mol. The fourth-order valence-corrected chi connectivity index (χ4v) is 4.42. The molecule has 2 atom stereocenters. The highest BCUT2D eigenvalue weighted by molar-refractivity contribution is 7.89. The zero-order valence-electron chi connectivity index (χ0n) is 14.3. The third-order valence-electron chi connectivity index (χ3n) is 4.04. The molecule has 0 radical (unpaired) electrons. The third-order valence-corrected chi connectivity index (χ3v) is 5.94. The van der Waals surface area contributed by atoms with Crippen LogP contribution in [0.25, 0.3) is 0 Å². The van der Waals surface area contributed by atoms with Crippen LogP contribution in [0.3, 0.4) is 0 Å². The largest absolute Gasteiger partial charge is 0.355 e. The third kappa shape index (κ3) is 5.13. The summed E-state index contributed by atoms with van der Waals surface area (Å²) in [4.78, 5) is 22.4. The summed E-state index contributed by atoms with van der Waals surface area (Å²) in [6.07, 6.45) is 1.56. The summed E-state index contributed by atoms with van der Waals surface area (Å²) in [5, 5.41) is 13.6. The van der Waals surface area contributed by atoms with Crippen molar-refractivity contribution in [1.29, 1.82) is 0 Å². The van der Waals surface area contributed by atoms with Crippen LogP contribution in [0.1, 0.15) is 26.2 Å². The molecule has 1 saturated heterocycles. The summed E-state index contributed by atoms with van der Waals surface area (Å²) in [6.45, 7) is 2.40. The van der Waals surface area contributed by atoms with Gasteiger partial charge in [0.2, 0.25) is 15.9 Å². The summed E-state index contributed by atoms with van der Waals surface area (Å²) in [6, 6.07) is 3.98. The molecule has 0 bridgehead atoms. The van der Waals surface area contributed by atoms with Crippen LogP contribution in [0, 0.1) is 10.1 Å².